The van der Waals surface area contributed by atoms with Crippen LogP contribution in [0.2, 0.25) is 0 Å². The van der Waals surface area contributed by atoms with Gasteiger partial charge in [0, 0.05) is 18.9 Å². The third kappa shape index (κ3) is 1.66. The second kappa shape index (κ2) is 3.01. The first-order valence-electron chi connectivity index (χ1n) is 4.42. The van der Waals surface area contributed by atoms with Crippen LogP contribution in [0.4, 0.5) is 0 Å². The lowest BCUT2D eigenvalue weighted by atomic mass is 9.58. The number of hydrogen-bond donors (Lipinski definition) is 2. The van der Waals surface area contributed by atoms with Crippen LogP contribution in [0.1, 0.15) is 27.2 Å². The van der Waals surface area contributed by atoms with E-state index in [9.17, 15) is 9.59 Å². The van der Waals surface area contributed by atoms with Gasteiger partial charge in [0.05, 0.1) is 0 Å². The van der Waals surface area contributed by atoms with Gasteiger partial charge in [-0.3, -0.25) is 9.59 Å². The lowest BCUT2D eigenvalue weighted by molar-refractivity contribution is -0.137. The number of nitrogens with two attached hydrogens (primary N) is 1. The largest absolute Gasteiger partial charge is 0.369 e. The molecule has 2 atom stereocenters. The molecule has 13 heavy (non-hydrogen) atoms. The van der Waals surface area contributed by atoms with Crippen LogP contribution in [0.3, 0.4) is 0 Å². The third-order valence-corrected chi connectivity index (χ3v) is 2.99. The highest BCUT2D eigenvalue weighted by Gasteiger charge is 2.51. The Labute approximate surface area is 77.9 Å². The van der Waals surface area contributed by atoms with E-state index in [1.54, 1.807) is 0 Å². The fraction of sp³-hybridized carbons (Fsp3) is 0.778. The second-order valence-corrected chi connectivity index (χ2v) is 4.27. The first-order chi connectivity index (χ1) is 5.85. The first-order valence-corrected chi connectivity index (χ1v) is 4.42. The predicted octanol–water partition coefficient (Wildman–Crippen LogP) is 0.0225. The molecule has 0 aliphatic heterocycles. The summed E-state index contributed by atoms with van der Waals surface area (Å²) < 4.78 is 0. The van der Waals surface area contributed by atoms with Gasteiger partial charge in [0.15, 0.2) is 0 Å². The minimum atomic E-state index is -0.272. The molecule has 1 rings (SSSR count). The summed E-state index contributed by atoms with van der Waals surface area (Å²) in [5.41, 5.74) is 5.02. The summed E-state index contributed by atoms with van der Waals surface area (Å²) in [6, 6.07) is 0.0856. The molecule has 0 heterocycles. The Kier molecular flexibility index (Phi) is 2.32. The first kappa shape index (κ1) is 10.0. The van der Waals surface area contributed by atoms with E-state index in [1.165, 1.54) is 6.92 Å². The van der Waals surface area contributed by atoms with Crippen molar-refractivity contribution in [1.29, 1.82) is 0 Å². The molecule has 1 fully saturated rings. The van der Waals surface area contributed by atoms with Gasteiger partial charge in [0.1, 0.15) is 0 Å². The van der Waals surface area contributed by atoms with E-state index in [-0.39, 0.29) is 29.2 Å². The Bertz CT molecular complexity index is 248. The van der Waals surface area contributed by atoms with E-state index in [2.05, 4.69) is 5.32 Å². The van der Waals surface area contributed by atoms with Gasteiger partial charge in [0.25, 0.3) is 0 Å². The molecule has 1 aliphatic rings. The lowest BCUT2D eigenvalue weighted by Gasteiger charge is -2.50. The molecule has 4 nitrogen and oxygen atoms in total. The number of rotatable bonds is 2. The molecule has 0 saturated heterocycles. The molecule has 74 valence electrons. The zero-order valence-electron chi connectivity index (χ0n) is 8.26. The average molecular weight is 184 g/mol. The van der Waals surface area contributed by atoms with Crippen LogP contribution in [0.15, 0.2) is 0 Å². The molecule has 0 bridgehead atoms. The molecule has 1 aliphatic carbocycles. The molecule has 2 amide bonds. The van der Waals surface area contributed by atoms with Crippen LogP contribution in [0.5, 0.6) is 0 Å². The summed E-state index contributed by atoms with van der Waals surface area (Å²) in [6.07, 6.45) is 0.669. The van der Waals surface area contributed by atoms with Gasteiger partial charge in [-0.05, 0) is 11.8 Å². The molecule has 0 radical (unpaired) electrons. The van der Waals surface area contributed by atoms with Crippen molar-refractivity contribution in [3.63, 3.8) is 0 Å². The molecule has 4 heteroatoms. The van der Waals surface area contributed by atoms with Crippen molar-refractivity contribution < 1.29 is 9.59 Å². The molecule has 0 aromatic carbocycles. The van der Waals surface area contributed by atoms with E-state index in [0.29, 0.717) is 6.42 Å². The summed E-state index contributed by atoms with van der Waals surface area (Å²) in [7, 11) is 0. The van der Waals surface area contributed by atoms with Gasteiger partial charge in [-0.2, -0.15) is 0 Å². The molecule has 0 spiro atoms. The Morgan fingerprint density at radius 3 is 2.31 bits per heavy atom. The zero-order valence-corrected chi connectivity index (χ0v) is 8.26. The number of amides is 2. The predicted molar refractivity (Wildman–Crippen MR) is 48.7 cm³/mol. The number of primary amides is 1. The minimum Gasteiger partial charge on any atom is -0.369 e. The van der Waals surface area contributed by atoms with E-state index < -0.39 is 0 Å². The minimum absolute atomic E-state index is 0.0546. The molecular formula is C9H16N2O2. The van der Waals surface area contributed by atoms with Gasteiger partial charge in [-0.25, -0.2) is 0 Å². The maximum absolute atomic E-state index is 10.9. The van der Waals surface area contributed by atoms with Crippen LogP contribution in [-0.4, -0.2) is 17.9 Å². The molecule has 3 N–H and O–H groups in total. The van der Waals surface area contributed by atoms with Crippen LogP contribution < -0.4 is 11.1 Å². The van der Waals surface area contributed by atoms with Gasteiger partial charge >= 0.3 is 0 Å². The monoisotopic (exact) mass is 184 g/mol. The van der Waals surface area contributed by atoms with E-state index in [0.717, 1.165) is 0 Å². The van der Waals surface area contributed by atoms with Crippen molar-refractivity contribution in [1.82, 2.24) is 5.32 Å². The van der Waals surface area contributed by atoms with Gasteiger partial charge < -0.3 is 11.1 Å². The molecule has 1 saturated carbocycles. The number of nitrogens with one attached hydrogen (secondary N) is 1. The van der Waals surface area contributed by atoms with Crippen molar-refractivity contribution >= 4 is 11.8 Å². The maximum Gasteiger partial charge on any atom is 0.221 e. The normalized spacial score (nSPS) is 30.4. The zero-order chi connectivity index (χ0) is 10.2. The van der Waals surface area contributed by atoms with Crippen molar-refractivity contribution in [2.24, 2.45) is 17.1 Å². The van der Waals surface area contributed by atoms with Crippen LogP contribution in [0, 0.1) is 11.3 Å². The fourth-order valence-electron chi connectivity index (χ4n) is 1.90. The van der Waals surface area contributed by atoms with Crippen molar-refractivity contribution in [3.8, 4) is 0 Å². The Morgan fingerprint density at radius 2 is 2.00 bits per heavy atom. The van der Waals surface area contributed by atoms with Gasteiger partial charge in [-0.1, -0.05) is 13.8 Å². The topological polar surface area (TPSA) is 72.2 Å². The molecular weight excluding hydrogens is 168 g/mol. The SMILES string of the molecule is CC(=O)N[C@@H]1C[C@H](C(N)=O)C1(C)C. The molecule has 0 unspecified atom stereocenters. The van der Waals surface area contributed by atoms with E-state index in [1.807, 2.05) is 13.8 Å². The second-order valence-electron chi connectivity index (χ2n) is 4.27. The maximum atomic E-state index is 10.9. The number of carbonyl (C=O) groups excluding carboxylic acids is 2. The van der Waals surface area contributed by atoms with Crippen molar-refractivity contribution in [3.05, 3.63) is 0 Å². The number of hydrogen-bond acceptors (Lipinski definition) is 2. The summed E-state index contributed by atoms with van der Waals surface area (Å²) in [5, 5.41) is 2.81. The standard InChI is InChI=1S/C9H16N2O2/c1-5(12)11-7-4-6(8(10)13)9(7,2)3/h6-7H,4H2,1-3H3,(H2,10,13)(H,11,12)/t6-,7-/m1/s1. The van der Waals surface area contributed by atoms with Gasteiger partial charge in [0.2, 0.25) is 11.8 Å². The van der Waals surface area contributed by atoms with Crippen LogP contribution >= 0.6 is 0 Å². The summed E-state index contributed by atoms with van der Waals surface area (Å²) >= 11 is 0. The highest BCUT2D eigenvalue weighted by molar-refractivity contribution is 5.80. The molecule has 0 aromatic rings. The lowest BCUT2D eigenvalue weighted by Crippen LogP contribution is -2.61. The Morgan fingerprint density at radius 1 is 1.46 bits per heavy atom. The van der Waals surface area contributed by atoms with Crippen molar-refractivity contribution in [2.75, 3.05) is 0 Å². The Hall–Kier alpha value is -1.06. The highest BCUT2D eigenvalue weighted by atomic mass is 16.2. The van der Waals surface area contributed by atoms with Gasteiger partial charge in [-0.15, -0.1) is 0 Å². The van der Waals surface area contributed by atoms with Crippen LogP contribution in [0.25, 0.3) is 0 Å². The summed E-state index contributed by atoms with van der Waals surface area (Å²) in [6.45, 7) is 5.38. The smallest absolute Gasteiger partial charge is 0.221 e. The average Bonchev–Trinajstić information content (AvgIpc) is 1.96. The van der Waals surface area contributed by atoms with Crippen LogP contribution in [-0.2, 0) is 9.59 Å². The summed E-state index contributed by atoms with van der Waals surface area (Å²) in [4.78, 5) is 21.7. The third-order valence-electron chi connectivity index (χ3n) is 2.99. The highest BCUT2D eigenvalue weighted by Crippen LogP contribution is 2.45. The number of carbonyl (C=O) groups is 2. The fourth-order valence-corrected chi connectivity index (χ4v) is 1.90. The Balaban J connectivity index is 2.59. The molecule has 0 aromatic heterocycles. The quantitative estimate of drug-likeness (QED) is 0.635. The van der Waals surface area contributed by atoms with E-state index in [4.69, 9.17) is 5.73 Å². The summed E-state index contributed by atoms with van der Waals surface area (Å²) in [5.74, 6) is -0.433. The van der Waals surface area contributed by atoms with E-state index >= 15 is 0 Å². The van der Waals surface area contributed by atoms with Crippen molar-refractivity contribution in [2.45, 2.75) is 33.2 Å².